The van der Waals surface area contributed by atoms with Gasteiger partial charge >= 0.3 is 0 Å². The number of β-amino-alcohol motifs (C(OH)–C–C–N with tert-alkyl or cyclic N) is 1. The number of aromatic hydroxyl groups is 1. The van der Waals surface area contributed by atoms with E-state index in [1.807, 2.05) is 63.2 Å². The molecule has 6 aromatic rings. The zero-order chi connectivity index (χ0) is 53.1. The van der Waals surface area contributed by atoms with Gasteiger partial charge in [-0.1, -0.05) is 85.2 Å². The summed E-state index contributed by atoms with van der Waals surface area (Å²) in [5.41, 5.74) is 14.2. The number of nitrogens with zero attached hydrogens (tertiary/aromatic N) is 10. The van der Waals surface area contributed by atoms with Crippen molar-refractivity contribution in [3.05, 3.63) is 125 Å². The second-order valence-electron chi connectivity index (χ2n) is 22.5. The van der Waals surface area contributed by atoms with E-state index in [9.17, 15) is 19.4 Å². The number of aromatic nitrogens is 5. The lowest BCUT2D eigenvalue weighted by atomic mass is 9.81. The lowest BCUT2D eigenvalue weighted by Crippen LogP contribution is -2.54. The van der Waals surface area contributed by atoms with Gasteiger partial charge in [0.15, 0.2) is 11.6 Å². The van der Waals surface area contributed by atoms with Gasteiger partial charge in [-0.15, -0.1) is 10.2 Å². The van der Waals surface area contributed by atoms with Gasteiger partial charge < -0.3 is 40.1 Å². The van der Waals surface area contributed by atoms with Gasteiger partial charge in [0.05, 0.1) is 23.5 Å². The molecule has 3 aromatic carbocycles. The maximum Gasteiger partial charge on any atom is 0.234 e. The Hall–Kier alpha value is -6.73. The number of para-hydroxylation sites is 1. The minimum Gasteiger partial charge on any atom is -0.507 e. The number of hydrogen-bond acceptors (Lipinski definition) is 16. The third kappa shape index (κ3) is 9.75. The van der Waals surface area contributed by atoms with Crippen molar-refractivity contribution >= 4 is 40.8 Å². The summed E-state index contributed by atoms with van der Waals surface area (Å²) in [6.07, 6.45) is 11.7. The maximum atomic E-state index is 14.7. The van der Waals surface area contributed by atoms with Crippen LogP contribution < -0.4 is 21.0 Å². The van der Waals surface area contributed by atoms with Gasteiger partial charge in [-0.3, -0.25) is 4.79 Å². The van der Waals surface area contributed by atoms with Crippen LogP contribution in [0.3, 0.4) is 0 Å². The van der Waals surface area contributed by atoms with Crippen LogP contribution in [0.15, 0.2) is 101 Å². The van der Waals surface area contributed by atoms with Crippen LogP contribution in [0, 0.1) is 11.7 Å². The number of piperazine rings is 1. The first-order chi connectivity index (χ1) is 37.3. The molecule has 4 saturated heterocycles. The summed E-state index contributed by atoms with van der Waals surface area (Å²) in [7, 11) is 0. The summed E-state index contributed by atoms with van der Waals surface area (Å²) in [4.78, 5) is 44.7. The standard InChI is InChI=1S/C58H66ClFN12O5/c1-33(2)50(56(75)71-32-42(73)26-48(71)55-64-58(3,77-68-55)38-16-12-35(13-17-38)43-8-4-6-10-45(43)60)53-51(59)52(67-76-53)36-14-18-39(19-15-36)69-24-22-34(23-25-69)37-28-62-57(63-29-37)72-40-20-21-41(72)31-70(30-40)47-27-46(65-66-54(47)61)44-9-5-7-11-49(44)74/h4-13,16-17,27-29,33-34,36,39-42,48,50,73-74H,14-15,18-26,30-32H2,1-3H3,(H2,61,66)(H,64,68)/t36?,39?,40?,41?,42-,48+,50-,58+/m1/s1. The van der Waals surface area contributed by atoms with E-state index in [1.165, 1.54) is 11.6 Å². The molecule has 19 heteroatoms. The Bertz CT molecular complexity index is 3130. The van der Waals surface area contributed by atoms with Gasteiger partial charge in [-0.2, -0.15) is 0 Å². The molecule has 402 valence electrons. The second-order valence-corrected chi connectivity index (χ2v) is 22.8. The number of amidine groups is 1. The largest absolute Gasteiger partial charge is 0.507 e. The van der Waals surface area contributed by atoms with E-state index < -0.39 is 23.8 Å². The van der Waals surface area contributed by atoms with Crippen LogP contribution in [0.2, 0.25) is 5.02 Å². The average Bonchev–Trinajstić information content (AvgIpc) is 4.22. The molecule has 17 nitrogen and oxygen atoms in total. The highest BCUT2D eigenvalue weighted by atomic mass is 35.5. The molecule has 5 N–H and O–H groups in total. The van der Waals surface area contributed by atoms with E-state index in [0.717, 1.165) is 106 Å². The number of phenolic OH excluding ortho intramolecular Hbond substituents is 1. The molecule has 5 fully saturated rings. The number of carbonyl (C=O) groups excluding carboxylic acids is 1. The Morgan fingerprint density at radius 3 is 2.22 bits per heavy atom. The number of fused-ring (bicyclic) bond motifs is 2. The number of hydroxylamine groups is 1. The number of aliphatic hydroxyl groups excluding tert-OH is 1. The van der Waals surface area contributed by atoms with Crippen LogP contribution in [0.4, 0.5) is 21.8 Å². The topological polar surface area (TPSA) is 208 Å². The van der Waals surface area contributed by atoms with Crippen LogP contribution in [-0.4, -0.2) is 120 Å². The highest BCUT2D eigenvalue weighted by Crippen LogP contribution is 2.45. The first kappa shape index (κ1) is 51.1. The molecule has 6 aliphatic rings. The number of likely N-dealkylation sites (tertiary alicyclic amines) is 2. The molecule has 2 unspecified atom stereocenters. The monoisotopic (exact) mass is 1060 g/mol. The van der Waals surface area contributed by atoms with E-state index in [0.29, 0.717) is 51.2 Å². The Labute approximate surface area is 452 Å². The lowest BCUT2D eigenvalue weighted by molar-refractivity contribution is -0.134. The molecule has 0 spiro atoms. The summed E-state index contributed by atoms with van der Waals surface area (Å²) in [5, 5.41) is 35.0. The summed E-state index contributed by atoms with van der Waals surface area (Å²) in [6, 6.07) is 23.5. The molecule has 2 bridgehead atoms. The molecule has 3 aromatic heterocycles. The van der Waals surface area contributed by atoms with Crippen LogP contribution in [0.5, 0.6) is 5.75 Å². The normalized spacial score (nSPS) is 26.3. The fourth-order valence-electron chi connectivity index (χ4n) is 13.2. The third-order valence-electron chi connectivity index (χ3n) is 17.4. The number of nitrogen functional groups attached to an aromatic ring is 1. The quantitative estimate of drug-likeness (QED) is 0.0902. The number of benzene rings is 3. The Kier molecular flexibility index (Phi) is 13.9. The van der Waals surface area contributed by atoms with Crippen LogP contribution in [0.25, 0.3) is 22.4 Å². The lowest BCUT2D eigenvalue weighted by Gasteiger charge is -2.42. The van der Waals surface area contributed by atoms with Gasteiger partial charge in [0.25, 0.3) is 0 Å². The number of aliphatic imine (C=N–C) groups is 1. The minimum absolute atomic E-state index is 0.119. The summed E-state index contributed by atoms with van der Waals surface area (Å²) >= 11 is 7.20. The predicted octanol–water partition coefficient (Wildman–Crippen LogP) is 8.94. The number of hydrogen-bond donors (Lipinski definition) is 4. The molecule has 8 heterocycles. The van der Waals surface area contributed by atoms with E-state index in [-0.39, 0.29) is 54.4 Å². The molecule has 1 aliphatic carbocycles. The number of amides is 1. The first-order valence-electron chi connectivity index (χ1n) is 27.3. The SMILES string of the molecule is CC(C)[C@@H](C(=O)N1C[C@H](O)C[C@H]1C1=N[C@](C)(c2ccc(-c3ccccc3F)cc2)ON1)c1onc(C2CCC(N3CCC(c4cnc(N5C6CCC5CN(c5cc(-c7ccccc7O)nnc5N)C6)nc4)CC3)CC2)c1Cl. The second kappa shape index (κ2) is 20.9. The number of phenols is 1. The van der Waals surface area contributed by atoms with Gasteiger partial charge in [0.2, 0.25) is 17.6 Å². The van der Waals surface area contributed by atoms with Crippen molar-refractivity contribution in [2.24, 2.45) is 10.9 Å². The minimum atomic E-state index is -1.12. The molecule has 1 saturated carbocycles. The Morgan fingerprint density at radius 2 is 1.53 bits per heavy atom. The number of piperidine rings is 1. The number of carbonyl (C=O) groups is 1. The summed E-state index contributed by atoms with van der Waals surface area (Å²) < 4.78 is 20.6. The number of rotatable bonds is 12. The van der Waals surface area contributed by atoms with Crippen molar-refractivity contribution in [3.8, 4) is 28.1 Å². The van der Waals surface area contributed by atoms with Crippen molar-refractivity contribution in [2.45, 2.75) is 132 Å². The van der Waals surface area contributed by atoms with E-state index in [2.05, 4.69) is 47.9 Å². The van der Waals surface area contributed by atoms with E-state index in [4.69, 9.17) is 41.7 Å². The fraction of sp³-hybridized carbons (Fsp3) is 0.466. The van der Waals surface area contributed by atoms with Crippen molar-refractivity contribution in [1.29, 1.82) is 0 Å². The van der Waals surface area contributed by atoms with Crippen molar-refractivity contribution in [3.63, 3.8) is 0 Å². The number of halogens is 2. The Morgan fingerprint density at radius 1 is 0.857 bits per heavy atom. The highest BCUT2D eigenvalue weighted by molar-refractivity contribution is 6.32. The van der Waals surface area contributed by atoms with E-state index >= 15 is 0 Å². The smallest absolute Gasteiger partial charge is 0.234 e. The number of nitrogens with two attached hydrogens (primary N) is 1. The Balaban J connectivity index is 0.641. The van der Waals surface area contributed by atoms with Crippen LogP contribution in [-0.2, 0) is 15.4 Å². The molecule has 12 rings (SSSR count). The van der Waals surface area contributed by atoms with Crippen LogP contribution in [0.1, 0.15) is 119 Å². The van der Waals surface area contributed by atoms with Gasteiger partial charge in [0.1, 0.15) is 34.0 Å². The van der Waals surface area contributed by atoms with Gasteiger partial charge in [0, 0.05) is 79.2 Å². The van der Waals surface area contributed by atoms with Crippen molar-refractivity contribution in [1.82, 2.24) is 40.6 Å². The molecule has 0 radical (unpaired) electrons. The van der Waals surface area contributed by atoms with Crippen LogP contribution >= 0.6 is 11.6 Å². The van der Waals surface area contributed by atoms with Gasteiger partial charge in [-0.05, 0) is 119 Å². The molecule has 6 atom stereocenters. The van der Waals surface area contributed by atoms with Gasteiger partial charge in [-0.25, -0.2) is 29.7 Å². The number of anilines is 3. The summed E-state index contributed by atoms with van der Waals surface area (Å²) in [6.45, 7) is 9.46. The van der Waals surface area contributed by atoms with Crippen molar-refractivity contribution < 1.29 is 28.8 Å². The number of aliphatic hydroxyl groups is 1. The third-order valence-corrected chi connectivity index (χ3v) is 17.7. The zero-order valence-corrected chi connectivity index (χ0v) is 44.4. The predicted molar refractivity (Wildman–Crippen MR) is 292 cm³/mol. The molecular formula is C58H66ClFN12O5. The molecule has 5 aliphatic heterocycles. The van der Waals surface area contributed by atoms with E-state index in [1.54, 1.807) is 35.2 Å². The average molecular weight is 1070 g/mol. The summed E-state index contributed by atoms with van der Waals surface area (Å²) in [5.74, 6) is 1.21. The zero-order valence-electron chi connectivity index (χ0n) is 43.7. The number of nitrogens with one attached hydrogen (secondary N) is 1. The molecule has 77 heavy (non-hydrogen) atoms. The molecular weight excluding hydrogens is 999 g/mol. The molecule has 1 amide bonds. The maximum absolute atomic E-state index is 14.7. The first-order valence-corrected chi connectivity index (χ1v) is 27.7. The highest BCUT2D eigenvalue weighted by Gasteiger charge is 2.47. The van der Waals surface area contributed by atoms with Crippen molar-refractivity contribution in [2.75, 3.05) is 48.3 Å². The fourth-order valence-corrected chi connectivity index (χ4v) is 13.5.